The Bertz CT molecular complexity index is 596. The van der Waals surface area contributed by atoms with E-state index in [1.165, 1.54) is 0 Å². The van der Waals surface area contributed by atoms with Crippen LogP contribution in [-0.2, 0) is 56.2 Å². The van der Waals surface area contributed by atoms with Gasteiger partial charge in [0.15, 0.2) is 30.4 Å². The summed E-state index contributed by atoms with van der Waals surface area (Å²) in [7, 11) is -18.3. The molecular formula is C3F9O9S3Sc. The summed E-state index contributed by atoms with van der Waals surface area (Å²) >= 11 is 0. The Hall–Kier alpha value is -0.0299. The van der Waals surface area contributed by atoms with Crippen LogP contribution in [0.25, 0.3) is 0 Å². The van der Waals surface area contributed by atoms with Crippen LogP contribution in [0, 0.1) is 0 Å². The topological polar surface area (TPSA) is 172 Å². The third kappa shape index (κ3) is 15.9. The summed E-state index contributed by atoms with van der Waals surface area (Å²) in [6, 6.07) is 0. The molecule has 0 rings (SSSR count). The van der Waals surface area contributed by atoms with Gasteiger partial charge in [0.05, 0.1) is 0 Å². The van der Waals surface area contributed by atoms with E-state index in [4.69, 9.17) is 38.9 Å². The molecule has 0 aromatic heterocycles. The molecule has 0 saturated carbocycles. The van der Waals surface area contributed by atoms with Gasteiger partial charge in [-0.2, -0.15) is 39.5 Å². The van der Waals surface area contributed by atoms with Crippen molar-refractivity contribution in [2.24, 2.45) is 0 Å². The molecule has 0 aliphatic rings. The van der Waals surface area contributed by atoms with Crippen LogP contribution in [0.5, 0.6) is 0 Å². The fraction of sp³-hybridized carbons (Fsp3) is 1.00. The van der Waals surface area contributed by atoms with Gasteiger partial charge in [0.1, 0.15) is 0 Å². The average molecular weight is 492 g/mol. The summed E-state index contributed by atoms with van der Waals surface area (Å²) in [5.74, 6) is 0. The Balaban J connectivity index is -0.000000130. The summed E-state index contributed by atoms with van der Waals surface area (Å²) in [5, 5.41) is 0. The molecule has 0 aromatic rings. The number of hydrogen-bond acceptors (Lipinski definition) is 9. The Kier molecular flexibility index (Phi) is 12.8. The Morgan fingerprint density at radius 3 is 0.480 bits per heavy atom. The van der Waals surface area contributed by atoms with Crippen LogP contribution in [0.15, 0.2) is 0 Å². The quantitative estimate of drug-likeness (QED) is 0.259. The van der Waals surface area contributed by atoms with Gasteiger partial charge in [0, 0.05) is 0 Å². The van der Waals surface area contributed by atoms with Crippen LogP contribution in [0.4, 0.5) is 39.5 Å². The van der Waals surface area contributed by atoms with E-state index in [0.29, 0.717) is 0 Å². The van der Waals surface area contributed by atoms with Gasteiger partial charge in [-0.25, -0.2) is 25.3 Å². The molecule has 0 unspecified atom stereocenters. The zero-order chi connectivity index (χ0) is 21.0. The van der Waals surface area contributed by atoms with E-state index >= 15 is 0 Å². The predicted octanol–water partition coefficient (Wildman–Crippen LogP) is 0.152. The Morgan fingerprint density at radius 2 is 0.480 bits per heavy atom. The van der Waals surface area contributed by atoms with Crippen molar-refractivity contribution in [2.75, 3.05) is 0 Å². The maximum Gasteiger partial charge on any atom is 3.00 e. The first-order chi connectivity index (χ1) is 9.75. The van der Waals surface area contributed by atoms with E-state index in [1.807, 2.05) is 0 Å². The van der Waals surface area contributed by atoms with Gasteiger partial charge < -0.3 is 13.7 Å². The third-order valence-corrected chi connectivity index (χ3v) is 2.55. The summed E-state index contributed by atoms with van der Waals surface area (Å²) < 4.78 is 177. The Labute approximate surface area is 151 Å². The number of halogens is 9. The second-order valence-electron chi connectivity index (χ2n) is 2.70. The van der Waals surface area contributed by atoms with Crippen LogP contribution >= 0.6 is 0 Å². The molecular weight excluding hydrogens is 492 g/mol. The molecule has 0 heterocycles. The normalized spacial score (nSPS) is 13.4. The molecule has 0 radical (unpaired) electrons. The third-order valence-electron chi connectivity index (χ3n) is 0.850. The molecule has 9 nitrogen and oxygen atoms in total. The number of rotatable bonds is 0. The summed E-state index contributed by atoms with van der Waals surface area (Å²) in [6.07, 6.45) is 0. The van der Waals surface area contributed by atoms with Crippen LogP contribution < -0.4 is 0 Å². The molecule has 0 aliphatic carbocycles. The first-order valence-corrected chi connectivity index (χ1v) is 8.04. The van der Waals surface area contributed by atoms with E-state index in [0.717, 1.165) is 0 Å². The molecule has 25 heavy (non-hydrogen) atoms. The molecule has 0 fully saturated rings. The van der Waals surface area contributed by atoms with Crippen molar-refractivity contribution in [1.82, 2.24) is 0 Å². The molecule has 0 amide bonds. The number of alkyl halides is 9. The van der Waals surface area contributed by atoms with E-state index in [2.05, 4.69) is 0 Å². The van der Waals surface area contributed by atoms with Crippen molar-refractivity contribution < 1.29 is 104 Å². The second kappa shape index (κ2) is 9.77. The molecule has 0 aliphatic heterocycles. The van der Waals surface area contributed by atoms with Gasteiger partial charge in [-0.15, -0.1) is 0 Å². The molecule has 0 spiro atoms. The van der Waals surface area contributed by atoms with Crippen molar-refractivity contribution in [2.45, 2.75) is 16.5 Å². The minimum absolute atomic E-state index is 0. The molecule has 0 bridgehead atoms. The smallest absolute Gasteiger partial charge is 0.741 e. The van der Waals surface area contributed by atoms with Crippen LogP contribution in [-0.4, -0.2) is 55.4 Å². The summed E-state index contributed by atoms with van der Waals surface area (Å²) in [6.45, 7) is 0. The van der Waals surface area contributed by atoms with E-state index in [9.17, 15) is 39.5 Å². The van der Waals surface area contributed by atoms with Gasteiger partial charge >= 0.3 is 42.4 Å². The summed E-state index contributed by atoms with van der Waals surface area (Å²) in [4.78, 5) is 0. The minimum Gasteiger partial charge on any atom is -0.741 e. The maximum atomic E-state index is 10.7. The van der Waals surface area contributed by atoms with Gasteiger partial charge in [-0.1, -0.05) is 0 Å². The van der Waals surface area contributed by atoms with Crippen LogP contribution in [0.2, 0.25) is 0 Å². The van der Waals surface area contributed by atoms with Crippen LogP contribution in [0.1, 0.15) is 0 Å². The molecule has 22 heteroatoms. The molecule has 0 N–H and O–H groups in total. The van der Waals surface area contributed by atoms with E-state index in [-0.39, 0.29) is 25.8 Å². The van der Waals surface area contributed by atoms with Crippen molar-refractivity contribution in [1.29, 1.82) is 0 Å². The average Bonchev–Trinajstić information content (AvgIpc) is 2.08. The fourth-order valence-corrected chi connectivity index (χ4v) is 0. The largest absolute Gasteiger partial charge is 3.00 e. The minimum atomic E-state index is -6.09. The number of hydrogen-bond donors (Lipinski definition) is 0. The zero-order valence-electron chi connectivity index (χ0n) is 10.4. The second-order valence-corrected chi connectivity index (χ2v) is 6.81. The fourth-order valence-electron chi connectivity index (χ4n) is 0. The van der Waals surface area contributed by atoms with Crippen molar-refractivity contribution in [3.8, 4) is 0 Å². The maximum absolute atomic E-state index is 10.7. The molecule has 150 valence electrons. The predicted molar refractivity (Wildman–Crippen MR) is 47.3 cm³/mol. The molecule has 0 aromatic carbocycles. The monoisotopic (exact) mass is 492 g/mol. The molecule has 0 saturated heterocycles. The van der Waals surface area contributed by atoms with Crippen molar-refractivity contribution >= 4 is 30.4 Å². The molecule has 0 atom stereocenters. The van der Waals surface area contributed by atoms with Crippen LogP contribution in [0.3, 0.4) is 0 Å². The van der Waals surface area contributed by atoms with Crippen molar-refractivity contribution in [3.05, 3.63) is 0 Å². The van der Waals surface area contributed by atoms with Crippen molar-refractivity contribution in [3.63, 3.8) is 0 Å². The van der Waals surface area contributed by atoms with E-state index in [1.54, 1.807) is 0 Å². The van der Waals surface area contributed by atoms with Gasteiger partial charge in [-0.3, -0.25) is 0 Å². The first-order valence-electron chi connectivity index (χ1n) is 3.81. The standard InChI is InChI=1S/3CHF3O3S.Sc/c3*2-1(3,4)8(5,6)7;/h3*(H,5,6,7);/q;;;+3/p-3. The van der Waals surface area contributed by atoms with Gasteiger partial charge in [0.2, 0.25) is 0 Å². The van der Waals surface area contributed by atoms with Gasteiger partial charge in [0.25, 0.3) is 0 Å². The summed E-state index contributed by atoms with van der Waals surface area (Å²) in [5.41, 5.74) is -16.9. The zero-order valence-corrected chi connectivity index (χ0v) is 14.6. The van der Waals surface area contributed by atoms with E-state index < -0.39 is 46.9 Å². The Morgan fingerprint density at radius 1 is 0.440 bits per heavy atom. The van der Waals surface area contributed by atoms with Gasteiger partial charge in [-0.05, 0) is 0 Å². The first kappa shape index (κ1) is 32.6. The SMILES string of the molecule is O=S(=O)([O-])C(F)(F)F.O=S(=O)([O-])C(F)(F)F.O=S(=O)([O-])C(F)(F)F.[Sc+3].